The van der Waals surface area contributed by atoms with Crippen molar-refractivity contribution in [3.05, 3.63) is 64.6 Å². The van der Waals surface area contributed by atoms with Crippen molar-refractivity contribution < 1.29 is 14.4 Å². The molecule has 1 saturated heterocycles. The molecule has 0 radical (unpaired) electrons. The minimum atomic E-state index is -0.627. The number of halogens is 4. The fraction of sp³-hybridized carbons (Fsp3) is 0.263. The zero-order valence-corrected chi connectivity index (χ0v) is 17.7. The van der Waals surface area contributed by atoms with E-state index in [2.05, 4.69) is 15.2 Å². The summed E-state index contributed by atoms with van der Waals surface area (Å²) in [6.45, 7) is 2.42. The third kappa shape index (κ3) is 7.45. The summed E-state index contributed by atoms with van der Waals surface area (Å²) in [5.41, 5.74) is 3.12. The summed E-state index contributed by atoms with van der Waals surface area (Å²) in [4.78, 5) is 17.6. The highest BCUT2D eigenvalue weighted by Gasteiger charge is 2.23. The molecule has 1 aromatic carbocycles. The highest BCUT2D eigenvalue weighted by atomic mass is 35.5. The predicted molar refractivity (Wildman–Crippen MR) is 116 cm³/mol. The highest BCUT2D eigenvalue weighted by Crippen LogP contribution is 2.24. The van der Waals surface area contributed by atoms with Gasteiger partial charge in [-0.05, 0) is 41.8 Å². The van der Waals surface area contributed by atoms with E-state index in [1.807, 2.05) is 6.07 Å². The van der Waals surface area contributed by atoms with Gasteiger partial charge in [0.25, 0.3) is 5.91 Å². The summed E-state index contributed by atoms with van der Waals surface area (Å²) in [6.07, 6.45) is 5.21. The first-order chi connectivity index (χ1) is 13.0. The van der Waals surface area contributed by atoms with Gasteiger partial charge in [-0.2, -0.15) is 0 Å². The van der Waals surface area contributed by atoms with E-state index in [9.17, 15) is 9.18 Å². The van der Waals surface area contributed by atoms with Crippen LogP contribution in [0, 0.1) is 5.82 Å². The quantitative estimate of drug-likeness (QED) is 0.344. The zero-order valence-electron chi connectivity index (χ0n) is 15.3. The number of rotatable bonds is 6. The van der Waals surface area contributed by atoms with Gasteiger partial charge >= 0.3 is 0 Å². The monoisotopic (exact) mass is 462 g/mol. The Labute approximate surface area is 185 Å². The molecule has 1 aromatic heterocycles. The maximum Gasteiger partial charge on any atom is 0.267 e. The van der Waals surface area contributed by atoms with E-state index < -0.39 is 5.91 Å². The molecule has 29 heavy (non-hydrogen) atoms. The Balaban J connectivity index is 0.00000210. The molecule has 1 aliphatic rings. The first-order valence-electron chi connectivity index (χ1n) is 8.54. The SMILES string of the molecule is Cl.Cl.O=C(C=Cc1cnc(N[C@@H]2CCN(Cc3cccc(F)c3)C2)c(Cl)c1)NO. The van der Waals surface area contributed by atoms with E-state index in [-0.39, 0.29) is 36.7 Å². The van der Waals surface area contributed by atoms with Gasteiger partial charge in [0.15, 0.2) is 0 Å². The van der Waals surface area contributed by atoms with Crippen molar-refractivity contribution in [1.29, 1.82) is 0 Å². The van der Waals surface area contributed by atoms with Crippen molar-refractivity contribution in [2.24, 2.45) is 0 Å². The first-order valence-corrected chi connectivity index (χ1v) is 8.92. The molecule has 1 fully saturated rings. The van der Waals surface area contributed by atoms with Gasteiger partial charge in [0.05, 0.1) is 5.02 Å². The number of carbonyl (C=O) groups excluding carboxylic acids is 1. The summed E-state index contributed by atoms with van der Waals surface area (Å²) >= 11 is 6.28. The van der Waals surface area contributed by atoms with Gasteiger partial charge in [-0.3, -0.25) is 14.9 Å². The van der Waals surface area contributed by atoms with Crippen LogP contribution in [-0.2, 0) is 11.3 Å². The average Bonchev–Trinajstić information content (AvgIpc) is 3.08. The maximum atomic E-state index is 13.3. The minimum absolute atomic E-state index is 0. The van der Waals surface area contributed by atoms with Crippen LogP contribution in [0.1, 0.15) is 17.5 Å². The number of carbonyl (C=O) groups is 1. The molecule has 6 nitrogen and oxygen atoms in total. The fourth-order valence-electron chi connectivity index (χ4n) is 3.04. The maximum absolute atomic E-state index is 13.3. The lowest BCUT2D eigenvalue weighted by Gasteiger charge is -2.17. The van der Waals surface area contributed by atoms with E-state index in [0.29, 0.717) is 22.9 Å². The summed E-state index contributed by atoms with van der Waals surface area (Å²) < 4.78 is 13.3. The topological polar surface area (TPSA) is 77.5 Å². The van der Waals surface area contributed by atoms with Crippen LogP contribution in [0.4, 0.5) is 10.2 Å². The van der Waals surface area contributed by atoms with Gasteiger partial charge in [-0.15, -0.1) is 24.8 Å². The second kappa shape index (κ2) is 11.9. The Hall–Kier alpha value is -1.90. The van der Waals surface area contributed by atoms with Crippen LogP contribution in [0.15, 0.2) is 42.6 Å². The molecule has 3 rings (SSSR count). The minimum Gasteiger partial charge on any atom is -0.365 e. The number of nitrogens with zero attached hydrogens (tertiary/aromatic N) is 2. The van der Waals surface area contributed by atoms with Crippen LogP contribution >= 0.6 is 36.4 Å². The Morgan fingerprint density at radius 1 is 1.38 bits per heavy atom. The molecule has 0 spiro atoms. The molecular weight excluding hydrogens is 442 g/mol. The summed E-state index contributed by atoms with van der Waals surface area (Å²) in [5.74, 6) is -0.265. The van der Waals surface area contributed by atoms with Crippen LogP contribution in [0.2, 0.25) is 5.02 Å². The Kier molecular flexibility index (Phi) is 10.4. The largest absolute Gasteiger partial charge is 0.365 e. The molecule has 2 aromatic rings. The lowest BCUT2D eigenvalue weighted by molar-refractivity contribution is -0.124. The molecule has 0 saturated carbocycles. The number of benzene rings is 1. The number of hydroxylamine groups is 1. The van der Waals surface area contributed by atoms with Crippen LogP contribution in [0.25, 0.3) is 6.08 Å². The number of nitrogens with one attached hydrogen (secondary N) is 2. The van der Waals surface area contributed by atoms with Crippen LogP contribution in [0.3, 0.4) is 0 Å². The van der Waals surface area contributed by atoms with Gasteiger partial charge in [-0.1, -0.05) is 23.7 Å². The molecule has 2 heterocycles. The fourth-order valence-corrected chi connectivity index (χ4v) is 3.27. The Bertz CT molecular complexity index is 854. The molecule has 0 unspecified atom stereocenters. The van der Waals surface area contributed by atoms with Crippen LogP contribution < -0.4 is 10.8 Å². The molecule has 1 atom stereocenters. The summed E-state index contributed by atoms with van der Waals surface area (Å²) in [7, 11) is 0. The van der Waals surface area contributed by atoms with Crippen LogP contribution in [0.5, 0.6) is 0 Å². The van der Waals surface area contributed by atoms with Crippen LogP contribution in [-0.4, -0.2) is 40.1 Å². The molecule has 0 bridgehead atoms. The zero-order chi connectivity index (χ0) is 19.2. The number of anilines is 1. The number of likely N-dealkylation sites (tertiary alicyclic amines) is 1. The van der Waals surface area contributed by atoms with Gasteiger partial charge in [0, 0.05) is 37.9 Å². The van der Waals surface area contributed by atoms with Gasteiger partial charge in [0.2, 0.25) is 0 Å². The molecular formula is C19H22Cl3FN4O2. The number of aromatic nitrogens is 1. The van der Waals surface area contributed by atoms with Crippen molar-refractivity contribution in [2.75, 3.05) is 18.4 Å². The van der Waals surface area contributed by atoms with E-state index in [4.69, 9.17) is 16.8 Å². The predicted octanol–water partition coefficient (Wildman–Crippen LogP) is 3.92. The smallest absolute Gasteiger partial charge is 0.267 e. The van der Waals surface area contributed by atoms with Gasteiger partial charge in [0.1, 0.15) is 11.6 Å². The third-order valence-electron chi connectivity index (χ3n) is 4.31. The van der Waals surface area contributed by atoms with E-state index in [1.165, 1.54) is 23.7 Å². The lowest BCUT2D eigenvalue weighted by atomic mass is 10.2. The third-order valence-corrected chi connectivity index (χ3v) is 4.60. The highest BCUT2D eigenvalue weighted by molar-refractivity contribution is 6.33. The van der Waals surface area contributed by atoms with Crippen molar-refractivity contribution in [1.82, 2.24) is 15.4 Å². The number of pyridine rings is 1. The van der Waals surface area contributed by atoms with E-state index in [1.54, 1.807) is 24.4 Å². The van der Waals surface area contributed by atoms with Gasteiger partial charge in [-0.25, -0.2) is 14.9 Å². The molecule has 3 N–H and O–H groups in total. The second-order valence-electron chi connectivity index (χ2n) is 6.40. The number of hydrogen-bond acceptors (Lipinski definition) is 5. The normalized spacial score (nSPS) is 16.2. The number of hydrogen-bond donors (Lipinski definition) is 3. The second-order valence-corrected chi connectivity index (χ2v) is 6.81. The molecule has 10 heteroatoms. The lowest BCUT2D eigenvalue weighted by Crippen LogP contribution is -2.26. The average molecular weight is 464 g/mol. The Morgan fingerprint density at radius 2 is 2.17 bits per heavy atom. The first kappa shape index (κ1) is 25.1. The Morgan fingerprint density at radius 3 is 2.86 bits per heavy atom. The molecule has 0 aliphatic carbocycles. The summed E-state index contributed by atoms with van der Waals surface area (Å²) in [5, 5.41) is 12.3. The van der Waals surface area contributed by atoms with Gasteiger partial charge < -0.3 is 5.32 Å². The molecule has 1 amide bonds. The van der Waals surface area contributed by atoms with Crippen molar-refractivity contribution in [3.8, 4) is 0 Å². The van der Waals surface area contributed by atoms with E-state index >= 15 is 0 Å². The number of amides is 1. The van der Waals surface area contributed by atoms with Crippen molar-refractivity contribution in [2.45, 2.75) is 19.0 Å². The van der Waals surface area contributed by atoms with Crippen molar-refractivity contribution in [3.63, 3.8) is 0 Å². The molecule has 158 valence electrons. The standard InChI is InChI=1S/C19H20ClFN4O2.2ClH/c20-17-9-13(4-5-18(26)24-27)10-22-19(17)23-16-6-7-25(12-16)11-14-2-1-3-15(21)8-14;;/h1-5,8-10,16,27H,6-7,11-12H2,(H,22,23)(H,24,26);2*1H/t16-;;/m1../s1. The van der Waals surface area contributed by atoms with Crippen molar-refractivity contribution >= 4 is 54.2 Å². The molecule has 1 aliphatic heterocycles. The summed E-state index contributed by atoms with van der Waals surface area (Å²) in [6, 6.07) is 8.54. The van der Waals surface area contributed by atoms with E-state index in [0.717, 1.165) is 25.1 Å².